The molecule has 1 aromatic rings. The molecular weight excluding hydrogens is 254 g/mol. The van der Waals surface area contributed by atoms with Gasteiger partial charge < -0.3 is 9.30 Å². The molecule has 1 fully saturated rings. The summed E-state index contributed by atoms with van der Waals surface area (Å²) in [6.45, 7) is 9.95. The first kappa shape index (κ1) is 13.5. The number of carbonyl (C=O) groups is 1. The molecule has 1 aromatic heterocycles. The van der Waals surface area contributed by atoms with Crippen molar-refractivity contribution in [3.05, 3.63) is 17.2 Å². The maximum Gasteiger partial charge on any atom is 0.410 e. The molecule has 0 N–H and O–H groups in total. The molecule has 0 aromatic carbocycles. The van der Waals surface area contributed by atoms with Crippen molar-refractivity contribution in [2.45, 2.75) is 71.7 Å². The number of ether oxygens (including phenoxy) is 1. The Balaban J connectivity index is 1.76. The molecule has 1 amide bonds. The monoisotopic (exact) mass is 277 g/mol. The van der Waals surface area contributed by atoms with Crippen molar-refractivity contribution in [1.29, 1.82) is 0 Å². The van der Waals surface area contributed by atoms with Crippen LogP contribution >= 0.6 is 0 Å². The molecule has 1 saturated carbocycles. The van der Waals surface area contributed by atoms with Crippen LogP contribution in [0.15, 0.2) is 0 Å². The molecular formula is C15H23N3O2. The van der Waals surface area contributed by atoms with Crippen molar-refractivity contribution in [2.75, 3.05) is 0 Å². The molecule has 0 bridgehead atoms. The highest BCUT2D eigenvalue weighted by molar-refractivity contribution is 5.69. The highest BCUT2D eigenvalue weighted by Gasteiger charge is 2.36. The van der Waals surface area contributed by atoms with E-state index in [1.54, 1.807) is 4.90 Å². The maximum absolute atomic E-state index is 12.1. The Morgan fingerprint density at radius 2 is 2.05 bits per heavy atom. The Hall–Kier alpha value is -1.52. The van der Waals surface area contributed by atoms with Gasteiger partial charge >= 0.3 is 6.09 Å². The fraction of sp³-hybridized carbons (Fsp3) is 0.733. The van der Waals surface area contributed by atoms with Crippen LogP contribution in [0.4, 0.5) is 4.79 Å². The number of imidazole rings is 1. The summed E-state index contributed by atoms with van der Waals surface area (Å²) in [5.74, 6) is 1.87. The van der Waals surface area contributed by atoms with Crippen LogP contribution in [0.5, 0.6) is 0 Å². The molecule has 5 nitrogen and oxygen atoms in total. The highest BCUT2D eigenvalue weighted by Crippen LogP contribution is 2.41. The molecule has 0 radical (unpaired) electrons. The normalized spacial score (nSPS) is 18.3. The minimum absolute atomic E-state index is 0.244. The fourth-order valence-electron chi connectivity index (χ4n) is 2.74. The molecule has 0 saturated heterocycles. The summed E-state index contributed by atoms with van der Waals surface area (Å²) < 4.78 is 7.72. The van der Waals surface area contributed by atoms with Gasteiger partial charge in [-0.1, -0.05) is 0 Å². The second kappa shape index (κ2) is 4.50. The molecule has 20 heavy (non-hydrogen) atoms. The van der Waals surface area contributed by atoms with Crippen LogP contribution in [0.2, 0.25) is 0 Å². The van der Waals surface area contributed by atoms with E-state index in [2.05, 4.69) is 11.5 Å². The predicted octanol–water partition coefficient (Wildman–Crippen LogP) is 3.03. The number of nitrogens with zero attached hydrogens (tertiary/aromatic N) is 3. The minimum atomic E-state index is -0.447. The molecule has 0 spiro atoms. The zero-order valence-corrected chi connectivity index (χ0v) is 12.8. The Morgan fingerprint density at radius 1 is 1.35 bits per heavy atom. The highest BCUT2D eigenvalue weighted by atomic mass is 16.6. The number of hydrogen-bond acceptors (Lipinski definition) is 3. The average molecular weight is 277 g/mol. The van der Waals surface area contributed by atoms with E-state index in [1.807, 2.05) is 20.8 Å². The molecule has 110 valence electrons. The summed E-state index contributed by atoms with van der Waals surface area (Å²) in [7, 11) is 0. The SMILES string of the molecule is CCn1c(C2CC2)nc2c1CN(C(=O)OC(C)(C)C)C2. The summed E-state index contributed by atoms with van der Waals surface area (Å²) in [6, 6.07) is 0. The molecule has 0 unspecified atom stereocenters. The van der Waals surface area contributed by atoms with E-state index in [0.29, 0.717) is 19.0 Å². The van der Waals surface area contributed by atoms with Crippen molar-refractivity contribution in [3.63, 3.8) is 0 Å². The van der Waals surface area contributed by atoms with E-state index in [4.69, 9.17) is 9.72 Å². The number of carbonyl (C=O) groups excluding carboxylic acids is 1. The molecule has 3 rings (SSSR count). The largest absolute Gasteiger partial charge is 0.444 e. The number of amides is 1. The first-order valence-electron chi connectivity index (χ1n) is 7.45. The first-order chi connectivity index (χ1) is 9.39. The van der Waals surface area contributed by atoms with Gasteiger partial charge in [-0.05, 0) is 40.5 Å². The van der Waals surface area contributed by atoms with E-state index in [0.717, 1.165) is 12.2 Å². The minimum Gasteiger partial charge on any atom is -0.444 e. The third-order valence-electron chi connectivity index (χ3n) is 3.78. The van der Waals surface area contributed by atoms with Crippen LogP contribution in [0, 0.1) is 0 Å². The van der Waals surface area contributed by atoms with Gasteiger partial charge in [-0.15, -0.1) is 0 Å². The lowest BCUT2D eigenvalue weighted by Gasteiger charge is -2.24. The standard InChI is InChI=1S/C15H23N3O2/c1-5-18-12-9-17(14(19)20-15(2,3)4)8-11(12)16-13(18)10-6-7-10/h10H,5-9H2,1-4H3. The smallest absolute Gasteiger partial charge is 0.410 e. The Morgan fingerprint density at radius 3 is 2.60 bits per heavy atom. The summed E-state index contributed by atoms with van der Waals surface area (Å²) in [4.78, 5) is 18.6. The average Bonchev–Trinajstić information content (AvgIpc) is 2.99. The van der Waals surface area contributed by atoms with Gasteiger partial charge in [0.2, 0.25) is 0 Å². The molecule has 0 atom stereocenters. The number of rotatable bonds is 2. The fourth-order valence-corrected chi connectivity index (χ4v) is 2.74. The lowest BCUT2D eigenvalue weighted by Crippen LogP contribution is -2.33. The summed E-state index contributed by atoms with van der Waals surface area (Å²) >= 11 is 0. The van der Waals surface area contributed by atoms with Crippen molar-refractivity contribution < 1.29 is 9.53 Å². The molecule has 2 aliphatic rings. The van der Waals surface area contributed by atoms with Crippen LogP contribution < -0.4 is 0 Å². The quantitative estimate of drug-likeness (QED) is 0.834. The maximum atomic E-state index is 12.1. The summed E-state index contributed by atoms with van der Waals surface area (Å²) in [5.41, 5.74) is 1.80. The Bertz CT molecular complexity index is 538. The second-order valence-electron chi connectivity index (χ2n) is 6.72. The topological polar surface area (TPSA) is 47.4 Å². The van der Waals surface area contributed by atoms with E-state index < -0.39 is 5.60 Å². The number of aromatic nitrogens is 2. The van der Waals surface area contributed by atoms with Crippen LogP contribution in [0.1, 0.15) is 63.7 Å². The van der Waals surface area contributed by atoms with Crippen LogP contribution in [-0.2, 0) is 24.4 Å². The summed E-state index contributed by atoms with van der Waals surface area (Å²) in [6.07, 6.45) is 2.27. The van der Waals surface area contributed by atoms with E-state index in [9.17, 15) is 4.79 Å². The predicted molar refractivity (Wildman–Crippen MR) is 75.4 cm³/mol. The van der Waals surface area contributed by atoms with Gasteiger partial charge in [0.25, 0.3) is 0 Å². The summed E-state index contributed by atoms with van der Waals surface area (Å²) in [5, 5.41) is 0. The lowest BCUT2D eigenvalue weighted by atomic mass is 10.2. The van der Waals surface area contributed by atoms with Gasteiger partial charge in [0.1, 0.15) is 11.4 Å². The van der Waals surface area contributed by atoms with Crippen molar-refractivity contribution >= 4 is 6.09 Å². The van der Waals surface area contributed by atoms with E-state index in [-0.39, 0.29) is 6.09 Å². The van der Waals surface area contributed by atoms with Crippen LogP contribution in [0.25, 0.3) is 0 Å². The third kappa shape index (κ3) is 2.41. The van der Waals surface area contributed by atoms with Crippen LogP contribution in [-0.4, -0.2) is 26.1 Å². The van der Waals surface area contributed by atoms with Gasteiger partial charge in [0.15, 0.2) is 0 Å². The van der Waals surface area contributed by atoms with Gasteiger partial charge in [-0.3, -0.25) is 4.90 Å². The molecule has 1 aliphatic carbocycles. The molecule has 1 aliphatic heterocycles. The first-order valence-corrected chi connectivity index (χ1v) is 7.45. The van der Waals surface area contributed by atoms with Crippen molar-refractivity contribution in [1.82, 2.24) is 14.5 Å². The van der Waals surface area contributed by atoms with Gasteiger partial charge in [-0.25, -0.2) is 9.78 Å². The number of fused-ring (bicyclic) bond motifs is 1. The van der Waals surface area contributed by atoms with E-state index in [1.165, 1.54) is 24.4 Å². The second-order valence-corrected chi connectivity index (χ2v) is 6.72. The third-order valence-corrected chi connectivity index (χ3v) is 3.78. The van der Waals surface area contributed by atoms with Crippen LogP contribution in [0.3, 0.4) is 0 Å². The Labute approximate surface area is 119 Å². The Kier molecular flexibility index (Phi) is 3.03. The lowest BCUT2D eigenvalue weighted by molar-refractivity contribution is 0.0237. The van der Waals surface area contributed by atoms with E-state index >= 15 is 0 Å². The van der Waals surface area contributed by atoms with Crippen molar-refractivity contribution in [3.8, 4) is 0 Å². The van der Waals surface area contributed by atoms with Gasteiger partial charge in [0.05, 0.1) is 24.5 Å². The number of hydrogen-bond donors (Lipinski definition) is 0. The van der Waals surface area contributed by atoms with Gasteiger partial charge in [-0.2, -0.15) is 0 Å². The van der Waals surface area contributed by atoms with Gasteiger partial charge in [0, 0.05) is 12.5 Å². The van der Waals surface area contributed by atoms with Crippen molar-refractivity contribution in [2.24, 2.45) is 0 Å². The molecule has 2 heterocycles. The zero-order chi connectivity index (χ0) is 14.5. The zero-order valence-electron chi connectivity index (χ0n) is 12.8. The molecule has 5 heteroatoms.